The van der Waals surface area contributed by atoms with Crippen molar-refractivity contribution >= 4 is 17.5 Å². The molecule has 1 aromatic rings. The first kappa shape index (κ1) is 10.9. The van der Waals surface area contributed by atoms with Gasteiger partial charge in [-0.3, -0.25) is 4.79 Å². The van der Waals surface area contributed by atoms with Crippen molar-refractivity contribution in [3.05, 3.63) is 41.4 Å². The fourth-order valence-electron chi connectivity index (χ4n) is 0.953. The molecule has 0 aliphatic heterocycles. The molecular weight excluding hydrogens is 194 g/mol. The van der Waals surface area contributed by atoms with Crippen LogP contribution in [0.2, 0.25) is 0 Å². The summed E-state index contributed by atoms with van der Waals surface area (Å²) in [5.41, 5.74) is 0. The molecule has 0 atom stereocenters. The molecule has 0 fully saturated rings. The first-order chi connectivity index (χ1) is 6.72. The van der Waals surface area contributed by atoms with E-state index in [1.54, 1.807) is 24.8 Å². The molecule has 0 saturated heterocycles. The third-order valence-corrected chi connectivity index (χ3v) is 2.60. The Morgan fingerprint density at radius 3 is 2.50 bits per heavy atom. The van der Waals surface area contributed by atoms with E-state index in [0.717, 1.165) is 9.92 Å². The number of allylic oxidation sites excluding steroid dienone is 1. The van der Waals surface area contributed by atoms with Gasteiger partial charge < -0.3 is 5.32 Å². The van der Waals surface area contributed by atoms with Gasteiger partial charge in [0.2, 0.25) is 0 Å². The maximum absolute atomic E-state index is 10.9. The largest absolute Gasteiger partial charge is 0.383 e. The summed E-state index contributed by atoms with van der Waals surface area (Å²) in [7, 11) is 1.81. The van der Waals surface area contributed by atoms with Crippen molar-refractivity contribution in [1.29, 1.82) is 0 Å². The van der Waals surface area contributed by atoms with E-state index in [0.29, 0.717) is 0 Å². The van der Waals surface area contributed by atoms with Gasteiger partial charge >= 0.3 is 0 Å². The van der Waals surface area contributed by atoms with Crippen LogP contribution in [0.25, 0.3) is 0 Å². The smallest absolute Gasteiger partial charge is 0.155 e. The van der Waals surface area contributed by atoms with Crippen molar-refractivity contribution in [3.63, 3.8) is 0 Å². The van der Waals surface area contributed by atoms with Gasteiger partial charge in [-0.1, -0.05) is 30.0 Å². The van der Waals surface area contributed by atoms with E-state index in [2.05, 4.69) is 5.32 Å². The molecule has 0 aliphatic rings. The van der Waals surface area contributed by atoms with E-state index < -0.39 is 0 Å². The normalized spacial score (nSPS) is 11.1. The minimum absolute atomic E-state index is 0.0535. The number of hydrogen-bond donors (Lipinski definition) is 1. The number of rotatable bonds is 4. The monoisotopic (exact) mass is 207 g/mol. The molecule has 14 heavy (non-hydrogen) atoms. The molecule has 1 rings (SSSR count). The Morgan fingerprint density at radius 2 is 2.00 bits per heavy atom. The van der Waals surface area contributed by atoms with Gasteiger partial charge in [0.25, 0.3) is 0 Å². The molecule has 0 bridgehead atoms. The highest BCUT2D eigenvalue weighted by atomic mass is 32.2. The Balaban J connectivity index is 2.71. The topological polar surface area (TPSA) is 29.1 Å². The molecule has 1 aromatic carbocycles. The average Bonchev–Trinajstić information content (AvgIpc) is 2.17. The van der Waals surface area contributed by atoms with Crippen LogP contribution in [-0.2, 0) is 4.79 Å². The van der Waals surface area contributed by atoms with Gasteiger partial charge in [0.1, 0.15) is 0 Å². The minimum Gasteiger partial charge on any atom is -0.383 e. The van der Waals surface area contributed by atoms with Gasteiger partial charge in [-0.2, -0.15) is 0 Å². The zero-order chi connectivity index (χ0) is 10.4. The third kappa shape index (κ3) is 3.66. The van der Waals surface area contributed by atoms with Gasteiger partial charge in [-0.25, -0.2) is 0 Å². The van der Waals surface area contributed by atoms with E-state index >= 15 is 0 Å². The summed E-state index contributed by atoms with van der Waals surface area (Å²) < 4.78 is 0. The number of carbonyl (C=O) groups excluding carboxylic acids is 1. The molecule has 0 heterocycles. The summed E-state index contributed by atoms with van der Waals surface area (Å²) in [5, 5.41) is 3.85. The number of benzene rings is 1. The van der Waals surface area contributed by atoms with Crippen molar-refractivity contribution in [1.82, 2.24) is 5.32 Å². The summed E-state index contributed by atoms with van der Waals surface area (Å²) in [4.78, 5) is 12.0. The van der Waals surface area contributed by atoms with Crippen LogP contribution in [0.15, 0.2) is 46.3 Å². The lowest BCUT2D eigenvalue weighted by Crippen LogP contribution is -2.03. The Hall–Kier alpha value is -1.22. The van der Waals surface area contributed by atoms with Crippen LogP contribution in [0.4, 0.5) is 0 Å². The van der Waals surface area contributed by atoms with E-state index in [4.69, 9.17) is 0 Å². The van der Waals surface area contributed by atoms with Gasteiger partial charge in [0.05, 0.1) is 5.03 Å². The lowest BCUT2D eigenvalue weighted by molar-refractivity contribution is -0.112. The second-order valence-electron chi connectivity index (χ2n) is 2.78. The van der Waals surface area contributed by atoms with Crippen LogP contribution in [0.3, 0.4) is 0 Å². The molecule has 0 spiro atoms. The molecule has 1 N–H and O–H groups in total. The van der Waals surface area contributed by atoms with Crippen LogP contribution in [-0.4, -0.2) is 12.8 Å². The van der Waals surface area contributed by atoms with Gasteiger partial charge in [-0.15, -0.1) is 0 Å². The number of ketones is 1. The van der Waals surface area contributed by atoms with Crippen LogP contribution in [0.1, 0.15) is 6.92 Å². The maximum atomic E-state index is 10.9. The van der Waals surface area contributed by atoms with E-state index in [9.17, 15) is 4.79 Å². The molecule has 0 unspecified atom stereocenters. The summed E-state index contributed by atoms with van der Waals surface area (Å²) in [6.07, 6.45) is 1.59. The first-order valence-corrected chi connectivity index (χ1v) is 5.17. The van der Waals surface area contributed by atoms with Crippen LogP contribution in [0.5, 0.6) is 0 Å². The van der Waals surface area contributed by atoms with Crippen LogP contribution < -0.4 is 5.32 Å². The Kier molecular flexibility index (Phi) is 4.26. The number of carbonyl (C=O) groups is 1. The predicted octanol–water partition coefficient (Wildman–Crippen LogP) is 2.43. The molecule has 74 valence electrons. The Morgan fingerprint density at radius 1 is 1.36 bits per heavy atom. The number of hydrogen-bond acceptors (Lipinski definition) is 3. The lowest BCUT2D eigenvalue weighted by Gasteiger charge is -2.04. The average molecular weight is 207 g/mol. The van der Waals surface area contributed by atoms with Crippen LogP contribution >= 0.6 is 11.8 Å². The SMILES string of the molecule is CN/C(=C\C(C)=O)Sc1ccccc1. The van der Waals surface area contributed by atoms with Crippen molar-refractivity contribution in [3.8, 4) is 0 Å². The highest BCUT2D eigenvalue weighted by Crippen LogP contribution is 2.23. The van der Waals surface area contributed by atoms with E-state index in [-0.39, 0.29) is 5.78 Å². The van der Waals surface area contributed by atoms with Crippen molar-refractivity contribution in [2.24, 2.45) is 0 Å². The number of nitrogens with one attached hydrogen (secondary N) is 1. The van der Waals surface area contributed by atoms with Gasteiger partial charge in [-0.05, 0) is 19.1 Å². The minimum atomic E-state index is 0.0535. The van der Waals surface area contributed by atoms with Crippen molar-refractivity contribution in [2.75, 3.05) is 7.05 Å². The molecule has 0 radical (unpaired) electrons. The Labute approximate surface area is 88.4 Å². The molecule has 0 saturated carbocycles. The summed E-state index contributed by atoms with van der Waals surface area (Å²) >= 11 is 1.55. The van der Waals surface area contributed by atoms with Crippen molar-refractivity contribution in [2.45, 2.75) is 11.8 Å². The first-order valence-electron chi connectivity index (χ1n) is 4.35. The molecule has 0 amide bonds. The third-order valence-electron chi connectivity index (χ3n) is 1.55. The highest BCUT2D eigenvalue weighted by Gasteiger charge is 1.98. The zero-order valence-electron chi connectivity index (χ0n) is 8.28. The molecular formula is C11H13NOS. The van der Waals surface area contributed by atoms with Gasteiger partial charge in [0, 0.05) is 18.0 Å². The summed E-state index contributed by atoms with van der Waals surface area (Å²) in [5.74, 6) is 0.0535. The molecule has 0 aliphatic carbocycles. The highest BCUT2D eigenvalue weighted by molar-refractivity contribution is 8.03. The van der Waals surface area contributed by atoms with Crippen LogP contribution in [0, 0.1) is 0 Å². The second-order valence-corrected chi connectivity index (χ2v) is 3.90. The standard InChI is InChI=1S/C11H13NOS/c1-9(13)8-11(12-2)14-10-6-4-3-5-7-10/h3-8,12H,1-2H3/b11-8+. The second kappa shape index (κ2) is 5.50. The van der Waals surface area contributed by atoms with Gasteiger partial charge in [0.15, 0.2) is 5.78 Å². The van der Waals surface area contributed by atoms with E-state index in [1.165, 1.54) is 0 Å². The van der Waals surface area contributed by atoms with E-state index in [1.807, 2.05) is 37.4 Å². The Bertz CT molecular complexity index is 332. The zero-order valence-corrected chi connectivity index (χ0v) is 9.10. The summed E-state index contributed by atoms with van der Waals surface area (Å²) in [6.45, 7) is 1.54. The fourth-order valence-corrected chi connectivity index (χ4v) is 1.83. The maximum Gasteiger partial charge on any atom is 0.155 e. The fraction of sp³-hybridized carbons (Fsp3) is 0.182. The van der Waals surface area contributed by atoms with Crippen molar-refractivity contribution < 1.29 is 4.79 Å². The predicted molar refractivity (Wildman–Crippen MR) is 60.1 cm³/mol. The molecule has 3 heteroatoms. The molecule has 2 nitrogen and oxygen atoms in total. The lowest BCUT2D eigenvalue weighted by atomic mass is 10.4. The molecule has 0 aromatic heterocycles. The quantitative estimate of drug-likeness (QED) is 0.607. The summed E-state index contributed by atoms with van der Waals surface area (Å²) in [6, 6.07) is 9.94. The number of thioether (sulfide) groups is 1.